The lowest BCUT2D eigenvalue weighted by atomic mass is 10.3. The number of sulfonamides is 1. The normalized spacial score (nSPS) is 23.1. The first-order chi connectivity index (χ1) is 8.28. The molecule has 0 radical (unpaired) electrons. The largest absolute Gasteiger partial charge is 0.240 e. The molecule has 1 saturated heterocycles. The summed E-state index contributed by atoms with van der Waals surface area (Å²) >= 11 is 0. The molecule has 0 aliphatic carbocycles. The van der Waals surface area contributed by atoms with Gasteiger partial charge in [0.25, 0.3) is 0 Å². The van der Waals surface area contributed by atoms with Crippen LogP contribution >= 0.6 is 0 Å². The lowest BCUT2D eigenvalue weighted by Crippen LogP contribution is -2.35. The Labute approximate surface area is 105 Å². The number of nitrogens with one attached hydrogen (secondary N) is 1. The predicted octanol–water partition coefficient (Wildman–Crippen LogP) is 0.291. The first-order valence-corrected chi connectivity index (χ1v) is 8.57. The molecule has 1 atom stereocenters. The molecule has 1 aromatic carbocycles. The third-order valence-corrected chi connectivity index (χ3v) is 5.98. The Morgan fingerprint density at radius 1 is 1.22 bits per heavy atom. The molecule has 0 saturated carbocycles. The van der Waals surface area contributed by atoms with E-state index in [1.807, 2.05) is 0 Å². The van der Waals surface area contributed by atoms with Crippen molar-refractivity contribution in [3.8, 4) is 0 Å². The van der Waals surface area contributed by atoms with E-state index in [9.17, 15) is 21.2 Å². The van der Waals surface area contributed by atoms with Gasteiger partial charge in [-0.2, -0.15) is 0 Å². The predicted molar refractivity (Wildman–Crippen MR) is 63.8 cm³/mol. The fourth-order valence-corrected chi connectivity index (χ4v) is 4.84. The average Bonchev–Trinajstić information content (AvgIpc) is 2.57. The van der Waals surface area contributed by atoms with E-state index in [1.54, 1.807) is 0 Å². The van der Waals surface area contributed by atoms with Crippen molar-refractivity contribution in [3.63, 3.8) is 0 Å². The molecule has 1 heterocycles. The third-order valence-electron chi connectivity index (χ3n) is 2.68. The lowest BCUT2D eigenvalue weighted by molar-refractivity contribution is 0.562. The molecule has 18 heavy (non-hydrogen) atoms. The zero-order chi connectivity index (χ0) is 13.4. The van der Waals surface area contributed by atoms with Crippen LogP contribution in [0, 0.1) is 5.82 Å². The summed E-state index contributed by atoms with van der Waals surface area (Å²) < 4.78 is 61.2. The number of hydrogen-bond acceptors (Lipinski definition) is 4. The first-order valence-electron chi connectivity index (χ1n) is 5.27. The van der Waals surface area contributed by atoms with Crippen molar-refractivity contribution >= 4 is 19.9 Å². The fourth-order valence-electron chi connectivity index (χ4n) is 1.79. The quantitative estimate of drug-likeness (QED) is 0.868. The van der Waals surface area contributed by atoms with Gasteiger partial charge in [-0.3, -0.25) is 0 Å². The van der Waals surface area contributed by atoms with Crippen molar-refractivity contribution in [3.05, 3.63) is 30.1 Å². The van der Waals surface area contributed by atoms with Gasteiger partial charge < -0.3 is 0 Å². The highest BCUT2D eigenvalue weighted by atomic mass is 32.2. The number of benzene rings is 1. The molecule has 8 heteroatoms. The molecule has 2 rings (SSSR count). The van der Waals surface area contributed by atoms with Gasteiger partial charge in [0.15, 0.2) is 9.84 Å². The third kappa shape index (κ3) is 3.06. The standard InChI is InChI=1S/C10H12FNO4S2/c11-8-1-3-10(4-2-8)18(15,16)12-9-5-6-17(13,14)7-9/h1-4,9,12H,5-7H2/t9-/m0/s1. The smallest absolute Gasteiger partial charge is 0.229 e. The van der Waals surface area contributed by atoms with E-state index in [1.165, 1.54) is 0 Å². The SMILES string of the molecule is O=S1(=O)CC[C@H](NS(=O)(=O)c2ccc(F)cc2)C1. The molecule has 1 aliphatic rings. The van der Waals surface area contributed by atoms with Crippen LogP contribution in [0.5, 0.6) is 0 Å². The highest BCUT2D eigenvalue weighted by Crippen LogP contribution is 2.16. The van der Waals surface area contributed by atoms with Crippen molar-refractivity contribution in [1.82, 2.24) is 4.72 Å². The second-order valence-electron chi connectivity index (χ2n) is 4.18. The second kappa shape index (κ2) is 4.60. The molecule has 1 N–H and O–H groups in total. The summed E-state index contributed by atoms with van der Waals surface area (Å²) in [5, 5.41) is 0. The summed E-state index contributed by atoms with van der Waals surface area (Å²) in [7, 11) is -6.94. The number of halogens is 1. The minimum absolute atomic E-state index is 0.0103. The van der Waals surface area contributed by atoms with Crippen molar-refractivity contribution in [2.45, 2.75) is 17.4 Å². The summed E-state index contributed by atoms with van der Waals surface area (Å²) in [5.41, 5.74) is 0. The molecular weight excluding hydrogens is 281 g/mol. The molecule has 1 aromatic rings. The fraction of sp³-hybridized carbons (Fsp3) is 0.400. The number of hydrogen-bond donors (Lipinski definition) is 1. The molecule has 1 aliphatic heterocycles. The van der Waals surface area contributed by atoms with E-state index in [0.717, 1.165) is 24.3 Å². The van der Waals surface area contributed by atoms with Gasteiger partial charge in [0, 0.05) is 6.04 Å². The average molecular weight is 293 g/mol. The van der Waals surface area contributed by atoms with Crippen molar-refractivity contribution in [2.75, 3.05) is 11.5 Å². The molecule has 100 valence electrons. The van der Waals surface area contributed by atoms with E-state index >= 15 is 0 Å². The van der Waals surface area contributed by atoms with Gasteiger partial charge in [0.05, 0.1) is 16.4 Å². The zero-order valence-electron chi connectivity index (χ0n) is 9.34. The van der Waals surface area contributed by atoms with Crippen molar-refractivity contribution in [2.24, 2.45) is 0 Å². The Kier molecular flexibility index (Phi) is 3.43. The Balaban J connectivity index is 2.16. The second-order valence-corrected chi connectivity index (χ2v) is 8.12. The highest BCUT2D eigenvalue weighted by Gasteiger charge is 2.31. The van der Waals surface area contributed by atoms with Crippen LogP contribution in [0.15, 0.2) is 29.2 Å². The van der Waals surface area contributed by atoms with E-state index in [-0.39, 0.29) is 22.8 Å². The highest BCUT2D eigenvalue weighted by molar-refractivity contribution is 7.92. The summed E-state index contributed by atoms with van der Waals surface area (Å²) in [6.07, 6.45) is 0.267. The topological polar surface area (TPSA) is 80.3 Å². The maximum absolute atomic E-state index is 12.7. The maximum Gasteiger partial charge on any atom is 0.240 e. The van der Waals surface area contributed by atoms with Crippen LogP contribution in [0.1, 0.15) is 6.42 Å². The van der Waals surface area contributed by atoms with E-state index in [0.29, 0.717) is 0 Å². The Morgan fingerprint density at radius 3 is 2.33 bits per heavy atom. The minimum Gasteiger partial charge on any atom is -0.229 e. The molecule has 0 unspecified atom stereocenters. The summed E-state index contributed by atoms with van der Waals surface area (Å²) in [5.74, 6) is -0.728. The molecule has 0 bridgehead atoms. The van der Waals surface area contributed by atoms with Gasteiger partial charge in [0.1, 0.15) is 5.82 Å². The van der Waals surface area contributed by atoms with Crippen molar-refractivity contribution < 1.29 is 21.2 Å². The summed E-state index contributed by atoms with van der Waals surface area (Å²) in [4.78, 5) is -0.0757. The van der Waals surface area contributed by atoms with Gasteiger partial charge in [0.2, 0.25) is 10.0 Å². The summed E-state index contributed by atoms with van der Waals surface area (Å²) in [6.45, 7) is 0. The van der Waals surface area contributed by atoms with Gasteiger partial charge in [-0.15, -0.1) is 0 Å². The number of rotatable bonds is 3. The Bertz CT molecular complexity index is 637. The van der Waals surface area contributed by atoms with Crippen LogP contribution in [0.3, 0.4) is 0 Å². The van der Waals surface area contributed by atoms with Crippen LogP contribution in [0.2, 0.25) is 0 Å². The van der Waals surface area contributed by atoms with Crippen molar-refractivity contribution in [1.29, 1.82) is 0 Å². The van der Waals surface area contributed by atoms with E-state index in [2.05, 4.69) is 4.72 Å². The molecule has 1 fully saturated rings. The minimum atomic E-state index is -3.79. The molecule has 5 nitrogen and oxygen atoms in total. The molecule has 0 aromatic heterocycles. The zero-order valence-corrected chi connectivity index (χ0v) is 11.0. The Hall–Kier alpha value is -0.990. The maximum atomic E-state index is 12.7. The molecule has 0 amide bonds. The van der Waals surface area contributed by atoms with Gasteiger partial charge in [-0.1, -0.05) is 0 Å². The van der Waals surface area contributed by atoms with Crippen LogP contribution in [-0.2, 0) is 19.9 Å². The number of sulfone groups is 1. The van der Waals surface area contributed by atoms with Gasteiger partial charge in [-0.25, -0.2) is 25.9 Å². The van der Waals surface area contributed by atoms with Crippen LogP contribution in [0.4, 0.5) is 4.39 Å². The van der Waals surface area contributed by atoms with E-state index in [4.69, 9.17) is 0 Å². The lowest BCUT2D eigenvalue weighted by Gasteiger charge is -2.11. The first kappa shape index (κ1) is 13.4. The molecular formula is C10H12FNO4S2. The molecule has 0 spiro atoms. The summed E-state index contributed by atoms with van der Waals surface area (Å²) in [6, 6.07) is 3.76. The van der Waals surface area contributed by atoms with Gasteiger partial charge in [-0.05, 0) is 30.7 Å². The monoisotopic (exact) mass is 293 g/mol. The van der Waals surface area contributed by atoms with E-state index < -0.39 is 31.7 Å². The Morgan fingerprint density at radius 2 is 1.83 bits per heavy atom. The van der Waals surface area contributed by atoms with Gasteiger partial charge >= 0.3 is 0 Å². The van der Waals surface area contributed by atoms with Crippen LogP contribution in [-0.4, -0.2) is 34.4 Å². The van der Waals surface area contributed by atoms with Crippen LogP contribution in [0.25, 0.3) is 0 Å². The van der Waals surface area contributed by atoms with Crippen LogP contribution < -0.4 is 4.72 Å².